The van der Waals surface area contributed by atoms with Crippen LogP contribution in [0.25, 0.3) is 0 Å². The number of amides is 1. The Bertz CT molecular complexity index is 1580. The van der Waals surface area contributed by atoms with Gasteiger partial charge in [-0.25, -0.2) is 0 Å². The first-order valence-corrected chi connectivity index (χ1v) is 14.2. The number of aryl methyl sites for hydroxylation is 1. The summed E-state index contributed by atoms with van der Waals surface area (Å²) in [5, 5.41) is 17.7. The zero-order valence-electron chi connectivity index (χ0n) is 22.9. The summed E-state index contributed by atoms with van der Waals surface area (Å²) in [5.74, 6) is 0.308. The minimum atomic E-state index is -4.56. The van der Waals surface area contributed by atoms with Gasteiger partial charge in [0.25, 0.3) is 5.91 Å². The van der Waals surface area contributed by atoms with Crippen LogP contribution in [0.2, 0.25) is 0 Å². The molecule has 7 rings (SSSR count). The summed E-state index contributed by atoms with van der Waals surface area (Å²) in [7, 11) is 1.88. The molecule has 1 aromatic heterocycles. The van der Waals surface area contributed by atoms with Crippen LogP contribution in [0.5, 0.6) is 0 Å². The lowest BCUT2D eigenvalue weighted by Gasteiger charge is -2.45. The quantitative estimate of drug-likeness (QED) is 0.404. The van der Waals surface area contributed by atoms with Gasteiger partial charge in [0, 0.05) is 49.1 Å². The number of carbonyl (C=O) groups excluding carboxylic acids is 1. The van der Waals surface area contributed by atoms with E-state index < -0.39 is 17.6 Å². The Labute approximate surface area is 236 Å². The van der Waals surface area contributed by atoms with E-state index in [-0.39, 0.29) is 29.0 Å². The molecule has 0 bridgehead atoms. The minimum absolute atomic E-state index is 0.0405. The summed E-state index contributed by atoms with van der Waals surface area (Å²) in [5.41, 5.74) is 1.54. The molecule has 212 valence electrons. The van der Waals surface area contributed by atoms with Crippen molar-refractivity contribution in [2.45, 2.75) is 63.2 Å². The van der Waals surface area contributed by atoms with Crippen molar-refractivity contribution in [3.63, 3.8) is 0 Å². The van der Waals surface area contributed by atoms with Gasteiger partial charge in [-0.1, -0.05) is 12.1 Å². The summed E-state index contributed by atoms with van der Waals surface area (Å²) in [6.45, 7) is 2.09. The zero-order chi connectivity index (χ0) is 28.6. The summed E-state index contributed by atoms with van der Waals surface area (Å²) >= 11 is 0. The largest absolute Gasteiger partial charge is 0.416 e. The van der Waals surface area contributed by atoms with Crippen molar-refractivity contribution in [2.24, 2.45) is 18.4 Å². The smallest absolute Gasteiger partial charge is 0.321 e. The molecule has 0 atom stereocenters. The van der Waals surface area contributed by atoms with Crippen molar-refractivity contribution in [1.29, 1.82) is 5.26 Å². The average Bonchev–Trinajstić information content (AvgIpc) is 3.19. The van der Waals surface area contributed by atoms with Gasteiger partial charge in [0.15, 0.2) is 0 Å². The highest BCUT2D eigenvalue weighted by Crippen LogP contribution is 2.53. The number of hydrogen-bond donors (Lipinski definition) is 0. The van der Waals surface area contributed by atoms with Gasteiger partial charge in [-0.15, -0.1) is 10.2 Å². The van der Waals surface area contributed by atoms with Crippen LogP contribution in [-0.4, -0.2) is 38.7 Å². The average molecular weight is 561 g/mol. The lowest BCUT2D eigenvalue weighted by atomic mass is 9.57. The SMILES string of the molecule is Cn1cnnc1C[C@]1(c2cccc(N3Cc4c(cc(CN5CCC6(CC6)C5)cc4C(F)(F)F)C3=O)c2)C[C@H](C#N)C1. The van der Waals surface area contributed by atoms with Crippen LogP contribution in [0.4, 0.5) is 18.9 Å². The number of nitriles is 1. The van der Waals surface area contributed by atoms with Gasteiger partial charge in [0.2, 0.25) is 0 Å². The third kappa shape index (κ3) is 4.51. The number of hydrogen-bond acceptors (Lipinski definition) is 5. The van der Waals surface area contributed by atoms with Crippen molar-refractivity contribution in [2.75, 3.05) is 18.0 Å². The Morgan fingerprint density at radius 2 is 1.95 bits per heavy atom. The maximum absolute atomic E-state index is 14.3. The molecule has 1 spiro atoms. The Morgan fingerprint density at radius 3 is 2.61 bits per heavy atom. The molecule has 3 aromatic rings. The predicted molar refractivity (Wildman–Crippen MR) is 145 cm³/mol. The van der Waals surface area contributed by atoms with Crippen LogP contribution in [-0.2, 0) is 38.1 Å². The van der Waals surface area contributed by atoms with E-state index in [4.69, 9.17) is 0 Å². The second kappa shape index (κ2) is 9.15. The topological polar surface area (TPSA) is 78.1 Å². The van der Waals surface area contributed by atoms with Crippen molar-refractivity contribution >= 4 is 11.6 Å². The number of fused-ring (bicyclic) bond motifs is 1. The number of benzene rings is 2. The Balaban J connectivity index is 1.20. The standard InChI is InChI=1S/C31H31F3N6O/c1-38-19-36-37-27(38)14-30(12-21(13-30)15-35)22-3-2-4-23(11-22)40-17-25-24(28(40)41)9-20(10-26(25)31(32,33)34)16-39-8-7-29(18-39)5-6-29/h2-4,9-11,19,21H,5-8,12-14,16-18H2,1H3/t21-,30-. The molecular formula is C31H31F3N6O. The second-order valence-electron chi connectivity index (χ2n) is 12.6. The van der Waals surface area contributed by atoms with E-state index in [9.17, 15) is 23.2 Å². The van der Waals surface area contributed by atoms with E-state index in [1.54, 1.807) is 18.5 Å². The molecule has 3 heterocycles. The Kier molecular flexibility index (Phi) is 5.85. The number of anilines is 1. The van der Waals surface area contributed by atoms with E-state index in [0.717, 1.165) is 30.9 Å². The molecule has 2 aromatic carbocycles. The maximum Gasteiger partial charge on any atom is 0.416 e. The monoisotopic (exact) mass is 560 g/mol. The molecule has 10 heteroatoms. The van der Waals surface area contributed by atoms with Gasteiger partial charge in [-0.2, -0.15) is 18.4 Å². The molecule has 3 fully saturated rings. The van der Waals surface area contributed by atoms with E-state index in [1.807, 2.05) is 29.8 Å². The molecule has 1 amide bonds. The van der Waals surface area contributed by atoms with Gasteiger partial charge in [-0.3, -0.25) is 9.69 Å². The Morgan fingerprint density at radius 1 is 1.15 bits per heavy atom. The van der Waals surface area contributed by atoms with E-state index in [2.05, 4.69) is 21.2 Å². The first-order chi connectivity index (χ1) is 19.6. The van der Waals surface area contributed by atoms with E-state index >= 15 is 0 Å². The fourth-order valence-corrected chi connectivity index (χ4v) is 7.26. The molecular weight excluding hydrogens is 529 g/mol. The third-order valence-corrected chi connectivity index (χ3v) is 9.82. The van der Waals surface area contributed by atoms with Gasteiger partial charge in [0.05, 0.1) is 18.2 Å². The second-order valence-corrected chi connectivity index (χ2v) is 12.6. The highest BCUT2D eigenvalue weighted by Gasteiger charge is 2.49. The summed E-state index contributed by atoms with van der Waals surface area (Å²) in [4.78, 5) is 17.4. The molecule has 41 heavy (non-hydrogen) atoms. The Hall–Kier alpha value is -3.71. The first-order valence-electron chi connectivity index (χ1n) is 14.2. The summed E-state index contributed by atoms with van der Waals surface area (Å²) < 4.78 is 44.8. The van der Waals surface area contributed by atoms with Crippen LogP contribution in [0.1, 0.15) is 70.5 Å². The normalized spacial score (nSPS) is 24.9. The first kappa shape index (κ1) is 26.2. The molecule has 1 saturated heterocycles. The number of halogens is 3. The molecule has 0 N–H and O–H groups in total. The number of aromatic nitrogens is 3. The molecule has 0 unspecified atom stereocenters. The molecule has 4 aliphatic rings. The van der Waals surface area contributed by atoms with E-state index in [1.165, 1.54) is 23.8 Å². The highest BCUT2D eigenvalue weighted by atomic mass is 19.4. The summed E-state index contributed by atoms with van der Waals surface area (Å²) in [6, 6.07) is 12.8. The number of carbonyl (C=O) groups is 1. The number of likely N-dealkylation sites (tertiary alicyclic amines) is 1. The van der Waals surface area contributed by atoms with Crippen LogP contribution in [0.15, 0.2) is 42.7 Å². The van der Waals surface area contributed by atoms with Crippen LogP contribution in [0, 0.1) is 22.7 Å². The van der Waals surface area contributed by atoms with Crippen LogP contribution < -0.4 is 4.90 Å². The molecule has 2 aliphatic carbocycles. The third-order valence-electron chi connectivity index (χ3n) is 9.82. The number of alkyl halides is 3. The van der Waals surface area contributed by atoms with Crippen molar-refractivity contribution in [1.82, 2.24) is 19.7 Å². The van der Waals surface area contributed by atoms with Crippen molar-refractivity contribution < 1.29 is 18.0 Å². The molecule has 0 radical (unpaired) electrons. The fraction of sp³-hybridized carbons (Fsp3) is 0.484. The summed E-state index contributed by atoms with van der Waals surface area (Å²) in [6.07, 6.45) is 2.45. The van der Waals surface area contributed by atoms with Crippen molar-refractivity contribution in [3.05, 3.63) is 76.4 Å². The number of rotatable bonds is 6. The molecule has 2 aliphatic heterocycles. The number of nitrogens with zero attached hydrogens (tertiary/aromatic N) is 6. The van der Waals surface area contributed by atoms with Gasteiger partial charge in [-0.05, 0) is 85.0 Å². The predicted octanol–water partition coefficient (Wildman–Crippen LogP) is 5.39. The van der Waals surface area contributed by atoms with Crippen molar-refractivity contribution in [3.8, 4) is 6.07 Å². The van der Waals surface area contributed by atoms with Crippen LogP contribution in [0.3, 0.4) is 0 Å². The highest BCUT2D eigenvalue weighted by molar-refractivity contribution is 6.10. The zero-order valence-corrected chi connectivity index (χ0v) is 22.9. The van der Waals surface area contributed by atoms with Crippen LogP contribution >= 0.6 is 0 Å². The van der Waals surface area contributed by atoms with E-state index in [0.29, 0.717) is 42.5 Å². The maximum atomic E-state index is 14.3. The van der Waals surface area contributed by atoms with Gasteiger partial charge >= 0.3 is 6.18 Å². The van der Waals surface area contributed by atoms with Gasteiger partial charge < -0.3 is 9.47 Å². The lowest BCUT2D eigenvalue weighted by Crippen LogP contribution is -2.43. The molecule has 2 saturated carbocycles. The minimum Gasteiger partial charge on any atom is -0.321 e. The lowest BCUT2D eigenvalue weighted by molar-refractivity contribution is -0.138. The fourth-order valence-electron chi connectivity index (χ4n) is 7.26. The molecule has 7 nitrogen and oxygen atoms in total. The van der Waals surface area contributed by atoms with Gasteiger partial charge in [0.1, 0.15) is 12.2 Å².